The second-order valence-electron chi connectivity index (χ2n) is 8.81. The number of carbonyl (C=O) groups excluding carboxylic acids is 1. The molecule has 1 saturated heterocycles. The summed E-state index contributed by atoms with van der Waals surface area (Å²) in [5, 5.41) is 3.91. The summed E-state index contributed by atoms with van der Waals surface area (Å²) in [7, 11) is 0. The molecule has 2 heterocycles. The van der Waals surface area contributed by atoms with Crippen molar-refractivity contribution in [1.82, 2.24) is 4.98 Å². The summed E-state index contributed by atoms with van der Waals surface area (Å²) in [4.78, 5) is 15.8. The Morgan fingerprint density at radius 1 is 1.06 bits per heavy atom. The summed E-state index contributed by atoms with van der Waals surface area (Å²) in [6.07, 6.45) is 0.441. The second-order valence-corrected chi connectivity index (χ2v) is 8.81. The average molecular weight is 458 g/mol. The van der Waals surface area contributed by atoms with Crippen LogP contribution in [0.4, 0.5) is 18.9 Å². The van der Waals surface area contributed by atoms with Crippen molar-refractivity contribution in [3.63, 3.8) is 0 Å². The van der Waals surface area contributed by atoms with Gasteiger partial charge >= 0.3 is 6.18 Å². The van der Waals surface area contributed by atoms with E-state index in [1.807, 2.05) is 18.2 Å². The lowest BCUT2D eigenvalue weighted by molar-refractivity contribution is -0.137. The number of nitrogens with one attached hydrogen (secondary N) is 2. The summed E-state index contributed by atoms with van der Waals surface area (Å²) in [6, 6.07) is 11.1. The van der Waals surface area contributed by atoms with Crippen LogP contribution in [0.1, 0.15) is 42.7 Å². The normalized spacial score (nSPS) is 21.5. The molecule has 8 heteroatoms. The molecule has 33 heavy (non-hydrogen) atoms. The summed E-state index contributed by atoms with van der Waals surface area (Å²) in [5.41, 5.74) is 1.91. The fourth-order valence-corrected chi connectivity index (χ4v) is 4.54. The van der Waals surface area contributed by atoms with Crippen LogP contribution in [0, 0.1) is 5.92 Å². The Labute approximate surface area is 189 Å². The molecule has 2 aliphatic rings. The summed E-state index contributed by atoms with van der Waals surface area (Å²) >= 11 is 0. The van der Waals surface area contributed by atoms with Crippen molar-refractivity contribution in [1.29, 1.82) is 0 Å². The monoisotopic (exact) mass is 458 g/mol. The number of benzene rings is 2. The number of hydrogen-bond donors (Lipinski definition) is 2. The van der Waals surface area contributed by atoms with Crippen LogP contribution in [0.5, 0.6) is 5.75 Å². The van der Waals surface area contributed by atoms with Gasteiger partial charge < -0.3 is 19.8 Å². The van der Waals surface area contributed by atoms with Gasteiger partial charge in [-0.05, 0) is 67.5 Å². The van der Waals surface area contributed by atoms with Gasteiger partial charge in [0.15, 0.2) is 0 Å². The van der Waals surface area contributed by atoms with Crippen LogP contribution in [0.2, 0.25) is 0 Å². The fourth-order valence-electron chi connectivity index (χ4n) is 4.54. The SMILES string of the molecule is O=C(Nc1c[nH]c2ccc(OC3CC(c4ccc(C(F)(F)F)cc4)C3)cc12)C1CCOCC1. The quantitative estimate of drug-likeness (QED) is 0.502. The van der Waals surface area contributed by atoms with Gasteiger partial charge in [0.05, 0.1) is 17.4 Å². The van der Waals surface area contributed by atoms with E-state index in [1.165, 1.54) is 0 Å². The van der Waals surface area contributed by atoms with Crippen LogP contribution >= 0.6 is 0 Å². The summed E-state index contributed by atoms with van der Waals surface area (Å²) < 4.78 is 49.7. The molecule has 0 radical (unpaired) electrons. The van der Waals surface area contributed by atoms with Gasteiger partial charge in [0, 0.05) is 36.2 Å². The predicted octanol–water partition coefficient (Wildman–Crippen LogP) is 5.88. The molecule has 0 unspecified atom stereocenters. The van der Waals surface area contributed by atoms with Crippen molar-refractivity contribution in [2.75, 3.05) is 18.5 Å². The van der Waals surface area contributed by atoms with Crippen LogP contribution in [0.25, 0.3) is 10.9 Å². The molecule has 1 aromatic heterocycles. The Balaban J connectivity index is 1.20. The van der Waals surface area contributed by atoms with E-state index in [9.17, 15) is 18.0 Å². The number of alkyl halides is 3. The van der Waals surface area contributed by atoms with E-state index in [-0.39, 0.29) is 23.8 Å². The smallest absolute Gasteiger partial charge is 0.416 e. The largest absolute Gasteiger partial charge is 0.490 e. The fraction of sp³-hybridized carbons (Fsp3) is 0.400. The predicted molar refractivity (Wildman–Crippen MR) is 118 cm³/mol. The molecule has 0 bridgehead atoms. The van der Waals surface area contributed by atoms with Crippen LogP contribution in [0.3, 0.4) is 0 Å². The molecule has 5 rings (SSSR count). The van der Waals surface area contributed by atoms with E-state index in [1.54, 1.807) is 18.3 Å². The Bertz CT molecular complexity index is 1130. The van der Waals surface area contributed by atoms with Crippen molar-refractivity contribution >= 4 is 22.5 Å². The van der Waals surface area contributed by atoms with Crippen LogP contribution in [-0.4, -0.2) is 30.2 Å². The van der Waals surface area contributed by atoms with Gasteiger partial charge in [-0.3, -0.25) is 4.79 Å². The highest BCUT2D eigenvalue weighted by Crippen LogP contribution is 2.41. The molecule has 2 fully saturated rings. The minimum Gasteiger partial charge on any atom is -0.490 e. The zero-order valence-electron chi connectivity index (χ0n) is 18.0. The Hall–Kier alpha value is -3.00. The van der Waals surface area contributed by atoms with Gasteiger partial charge in [-0.25, -0.2) is 0 Å². The van der Waals surface area contributed by atoms with Crippen molar-refractivity contribution in [2.24, 2.45) is 5.92 Å². The number of halogens is 3. The van der Waals surface area contributed by atoms with Crippen molar-refractivity contribution in [3.05, 3.63) is 59.8 Å². The minimum atomic E-state index is -4.32. The van der Waals surface area contributed by atoms with Gasteiger partial charge in [0.25, 0.3) is 0 Å². The number of amides is 1. The topological polar surface area (TPSA) is 63.4 Å². The van der Waals surface area contributed by atoms with Crippen molar-refractivity contribution in [2.45, 2.75) is 43.9 Å². The molecular formula is C25H25F3N2O3. The molecule has 3 aromatic rings. The number of ether oxygens (including phenoxy) is 2. The summed E-state index contributed by atoms with van der Waals surface area (Å²) in [6.45, 7) is 1.22. The lowest BCUT2D eigenvalue weighted by atomic mass is 9.77. The molecule has 1 aliphatic carbocycles. The van der Waals surface area contributed by atoms with Crippen LogP contribution in [-0.2, 0) is 15.7 Å². The molecule has 2 aromatic carbocycles. The highest BCUT2D eigenvalue weighted by Gasteiger charge is 2.34. The Morgan fingerprint density at radius 3 is 2.48 bits per heavy atom. The first kappa shape index (κ1) is 21.8. The zero-order chi connectivity index (χ0) is 23.0. The molecule has 0 atom stereocenters. The molecular weight excluding hydrogens is 433 g/mol. The third-order valence-electron chi connectivity index (χ3n) is 6.61. The number of hydrogen-bond acceptors (Lipinski definition) is 3. The second kappa shape index (κ2) is 8.74. The molecule has 0 spiro atoms. The highest BCUT2D eigenvalue weighted by molar-refractivity contribution is 6.02. The molecule has 2 N–H and O–H groups in total. The molecule has 1 amide bonds. The van der Waals surface area contributed by atoms with E-state index in [2.05, 4.69) is 10.3 Å². The third kappa shape index (κ3) is 4.71. The molecule has 1 saturated carbocycles. The number of H-pyrrole nitrogens is 1. The first-order chi connectivity index (χ1) is 15.9. The first-order valence-corrected chi connectivity index (χ1v) is 11.2. The van der Waals surface area contributed by atoms with E-state index >= 15 is 0 Å². The van der Waals surface area contributed by atoms with E-state index < -0.39 is 11.7 Å². The average Bonchev–Trinajstić information content (AvgIpc) is 3.18. The van der Waals surface area contributed by atoms with E-state index in [0.717, 1.165) is 60.0 Å². The number of carbonyl (C=O) groups is 1. The number of rotatable bonds is 5. The minimum absolute atomic E-state index is 0.00361. The van der Waals surface area contributed by atoms with Gasteiger partial charge in [-0.1, -0.05) is 12.1 Å². The number of anilines is 1. The Kier molecular flexibility index (Phi) is 5.78. The zero-order valence-corrected chi connectivity index (χ0v) is 18.0. The van der Waals surface area contributed by atoms with Gasteiger partial charge in [-0.15, -0.1) is 0 Å². The molecule has 1 aliphatic heterocycles. The lowest BCUT2D eigenvalue weighted by Crippen LogP contribution is -2.32. The van der Waals surface area contributed by atoms with Gasteiger partial charge in [0.1, 0.15) is 5.75 Å². The third-order valence-corrected chi connectivity index (χ3v) is 6.61. The number of aromatic amines is 1. The van der Waals surface area contributed by atoms with Gasteiger partial charge in [0.2, 0.25) is 5.91 Å². The number of fused-ring (bicyclic) bond motifs is 1. The molecule has 174 valence electrons. The van der Waals surface area contributed by atoms with Gasteiger partial charge in [-0.2, -0.15) is 13.2 Å². The van der Waals surface area contributed by atoms with E-state index in [0.29, 0.717) is 19.0 Å². The highest BCUT2D eigenvalue weighted by atomic mass is 19.4. The Morgan fingerprint density at radius 2 is 1.79 bits per heavy atom. The molecule has 5 nitrogen and oxygen atoms in total. The van der Waals surface area contributed by atoms with Crippen molar-refractivity contribution < 1.29 is 27.4 Å². The van der Waals surface area contributed by atoms with Crippen LogP contribution < -0.4 is 10.1 Å². The number of aromatic nitrogens is 1. The van der Waals surface area contributed by atoms with E-state index in [4.69, 9.17) is 9.47 Å². The maximum Gasteiger partial charge on any atom is 0.416 e. The lowest BCUT2D eigenvalue weighted by Gasteiger charge is -2.35. The van der Waals surface area contributed by atoms with Crippen LogP contribution in [0.15, 0.2) is 48.7 Å². The maximum atomic E-state index is 12.8. The first-order valence-electron chi connectivity index (χ1n) is 11.2. The standard InChI is InChI=1S/C25H25F3N2O3/c26-25(27,28)18-3-1-15(2-4-18)17-11-20(12-17)33-19-5-6-22-21(13-19)23(14-29-22)30-24(31)16-7-9-32-10-8-16/h1-6,13-14,16-17,20,29H,7-12H2,(H,30,31). The van der Waals surface area contributed by atoms with Crippen molar-refractivity contribution in [3.8, 4) is 5.75 Å². The maximum absolute atomic E-state index is 12.8. The summed E-state index contributed by atoms with van der Waals surface area (Å²) in [5.74, 6) is 0.867.